The smallest absolute Gasteiger partial charge is 0.471 e. The molecule has 19 heteroatoms. The predicted octanol–water partition coefficient (Wildman–Crippen LogP) is 4.81. The van der Waals surface area contributed by atoms with E-state index in [2.05, 4.69) is 20.6 Å². The van der Waals surface area contributed by atoms with Gasteiger partial charge < -0.3 is 53.8 Å². The number of carbonyl (C=O) groups is 1. The van der Waals surface area contributed by atoms with Gasteiger partial charge in [0.25, 0.3) is 0 Å². The Hall–Kier alpha value is -5.82. The first-order chi connectivity index (χ1) is 28.3. The van der Waals surface area contributed by atoms with E-state index in [-0.39, 0.29) is 43.4 Å². The Morgan fingerprint density at radius 2 is 1.54 bits per heavy atom. The zero-order chi connectivity index (χ0) is 42.4. The quantitative estimate of drug-likeness (QED) is 0.0946. The second kappa shape index (κ2) is 18.4. The molecule has 4 atom stereocenters. The Kier molecular flexibility index (Phi) is 13.3. The SMILES string of the molecule is CCCN(C(=O)C(F)(F)F)[C@H]1C[C@@H](n2cnc3c(NCC(c4ccc(OC)c(OC)c4)c4ccc(OC)c(OC)c4)nc(NCCc4cn(CC)cn4)nc32)[C@H](O)[C@@H]1O. The highest BCUT2D eigenvalue weighted by Gasteiger charge is 2.51. The molecule has 1 fully saturated rings. The van der Waals surface area contributed by atoms with Crippen molar-refractivity contribution in [2.45, 2.75) is 76.0 Å². The molecule has 0 saturated heterocycles. The number of anilines is 2. The molecule has 59 heavy (non-hydrogen) atoms. The number of carbonyl (C=O) groups excluding carboxylic acids is 1. The number of nitrogens with zero attached hydrogens (tertiary/aromatic N) is 7. The van der Waals surface area contributed by atoms with E-state index in [1.807, 2.05) is 54.1 Å². The van der Waals surface area contributed by atoms with E-state index in [1.54, 1.807) is 41.7 Å². The number of methoxy groups -OCH3 is 4. The van der Waals surface area contributed by atoms with Crippen molar-refractivity contribution in [3.63, 3.8) is 0 Å². The molecule has 6 rings (SSSR count). The lowest BCUT2D eigenvalue weighted by Crippen LogP contribution is -2.51. The van der Waals surface area contributed by atoms with E-state index in [4.69, 9.17) is 28.9 Å². The van der Waals surface area contributed by atoms with Gasteiger partial charge >= 0.3 is 12.1 Å². The van der Waals surface area contributed by atoms with Crippen LogP contribution in [-0.4, -0.2) is 123 Å². The molecule has 1 aliphatic rings. The van der Waals surface area contributed by atoms with E-state index in [0.717, 1.165) is 23.4 Å². The van der Waals surface area contributed by atoms with Crippen LogP contribution in [0.1, 0.15) is 55.5 Å². The number of fused-ring (bicyclic) bond motifs is 1. The van der Waals surface area contributed by atoms with Gasteiger partial charge in [-0.2, -0.15) is 23.1 Å². The van der Waals surface area contributed by atoms with Crippen molar-refractivity contribution in [1.82, 2.24) is 34.0 Å². The van der Waals surface area contributed by atoms with Gasteiger partial charge in [0, 0.05) is 44.7 Å². The number of hydrogen-bond acceptors (Lipinski definition) is 13. The van der Waals surface area contributed by atoms with Gasteiger partial charge in [-0.05, 0) is 55.2 Å². The third-order valence-electron chi connectivity index (χ3n) is 10.6. The van der Waals surface area contributed by atoms with Crippen LogP contribution in [0.2, 0.25) is 0 Å². The number of aliphatic hydroxyl groups is 2. The number of aryl methyl sites for hydroxylation is 1. The molecule has 0 bridgehead atoms. The van der Waals surface area contributed by atoms with Gasteiger partial charge in [0.15, 0.2) is 40.0 Å². The summed E-state index contributed by atoms with van der Waals surface area (Å²) in [4.78, 5) is 31.7. The first-order valence-electron chi connectivity index (χ1n) is 19.3. The van der Waals surface area contributed by atoms with Gasteiger partial charge in [-0.25, -0.2) is 9.97 Å². The zero-order valence-electron chi connectivity index (χ0n) is 33.7. The number of amides is 1. The summed E-state index contributed by atoms with van der Waals surface area (Å²) in [5.41, 5.74) is 3.13. The number of hydrogen-bond donors (Lipinski definition) is 4. The third kappa shape index (κ3) is 9.10. The van der Waals surface area contributed by atoms with Crippen LogP contribution in [0.4, 0.5) is 24.9 Å². The Balaban J connectivity index is 1.39. The Bertz CT molecular complexity index is 2160. The van der Waals surface area contributed by atoms with Crippen LogP contribution >= 0.6 is 0 Å². The average Bonchev–Trinajstić information content (AvgIpc) is 3.96. The molecule has 0 spiro atoms. The molecule has 2 aromatic carbocycles. The van der Waals surface area contributed by atoms with Crippen LogP contribution < -0.4 is 29.6 Å². The molecular weight excluding hydrogens is 775 g/mol. The van der Waals surface area contributed by atoms with E-state index in [1.165, 1.54) is 10.9 Å². The highest BCUT2D eigenvalue weighted by molar-refractivity contribution is 5.85. The fraction of sp³-hybridized carbons (Fsp3) is 0.475. The largest absolute Gasteiger partial charge is 0.493 e. The normalized spacial score (nSPS) is 18.0. The van der Waals surface area contributed by atoms with Crippen molar-refractivity contribution in [2.75, 3.05) is 58.7 Å². The number of aromatic nitrogens is 6. The fourth-order valence-electron chi connectivity index (χ4n) is 7.53. The van der Waals surface area contributed by atoms with E-state index in [0.29, 0.717) is 52.2 Å². The van der Waals surface area contributed by atoms with Gasteiger partial charge in [-0.3, -0.25) is 4.79 Å². The minimum Gasteiger partial charge on any atom is -0.493 e. The molecular formula is C40H50F3N9O7. The number of rotatable bonds is 18. The molecule has 16 nitrogen and oxygen atoms in total. The lowest BCUT2D eigenvalue weighted by molar-refractivity contribution is -0.190. The molecule has 3 heterocycles. The lowest BCUT2D eigenvalue weighted by atomic mass is 9.90. The summed E-state index contributed by atoms with van der Waals surface area (Å²) in [6.45, 7) is 4.82. The molecule has 0 aliphatic heterocycles. The number of alkyl halides is 3. The molecule has 3 aromatic heterocycles. The number of aliphatic hydroxyl groups excluding tert-OH is 2. The number of ether oxygens (including phenoxy) is 4. The average molecular weight is 826 g/mol. The fourth-order valence-corrected chi connectivity index (χ4v) is 7.53. The van der Waals surface area contributed by atoms with Gasteiger partial charge in [-0.15, -0.1) is 0 Å². The van der Waals surface area contributed by atoms with Crippen molar-refractivity contribution >= 4 is 28.8 Å². The van der Waals surface area contributed by atoms with Crippen LogP contribution in [0.15, 0.2) is 55.2 Å². The number of halogens is 3. The Morgan fingerprint density at radius 3 is 2.10 bits per heavy atom. The first-order valence-corrected chi connectivity index (χ1v) is 19.3. The Labute approximate surface area is 339 Å². The minimum absolute atomic E-state index is 0.189. The summed E-state index contributed by atoms with van der Waals surface area (Å²) in [6, 6.07) is 8.95. The zero-order valence-corrected chi connectivity index (χ0v) is 33.7. The van der Waals surface area contributed by atoms with Crippen LogP contribution in [0.3, 0.4) is 0 Å². The summed E-state index contributed by atoms with van der Waals surface area (Å²) < 4.78 is 66.8. The standard InChI is InChI=1S/C40H50F3N9O7/c1-7-15-51(38(55)40(41,42)43)27-18-28(35(54)34(27)53)52-22-47-33-36(48-39(49-37(33)52)44-14-13-25-20-50(8-2)21-46-25)45-19-26(23-9-11-29(56-3)31(16-23)58-5)24-10-12-30(57-4)32(17-24)59-6/h9-12,16-17,20-22,26-28,34-35,53-54H,7-8,13-15,18-19H2,1-6H3,(H2,44,45,48,49)/t27-,28+,34+,35-/m0/s1. The van der Waals surface area contributed by atoms with Crippen LogP contribution in [0, 0.1) is 0 Å². The molecule has 1 aliphatic carbocycles. The summed E-state index contributed by atoms with van der Waals surface area (Å²) in [5.74, 6) is 0.272. The molecule has 1 amide bonds. The maximum Gasteiger partial charge on any atom is 0.471 e. The summed E-state index contributed by atoms with van der Waals surface area (Å²) in [6.07, 6.45) is -2.69. The van der Waals surface area contributed by atoms with Crippen LogP contribution in [-0.2, 0) is 17.8 Å². The van der Waals surface area contributed by atoms with Gasteiger partial charge in [0.1, 0.15) is 12.2 Å². The van der Waals surface area contributed by atoms with Crippen molar-refractivity contribution in [2.24, 2.45) is 0 Å². The highest BCUT2D eigenvalue weighted by atomic mass is 19.4. The third-order valence-corrected chi connectivity index (χ3v) is 10.6. The van der Waals surface area contributed by atoms with Gasteiger partial charge in [-0.1, -0.05) is 19.1 Å². The van der Waals surface area contributed by atoms with E-state index >= 15 is 0 Å². The first kappa shape index (κ1) is 42.8. The van der Waals surface area contributed by atoms with Crippen molar-refractivity contribution < 1.29 is 47.1 Å². The minimum atomic E-state index is -5.16. The summed E-state index contributed by atoms with van der Waals surface area (Å²) in [7, 11) is 6.23. The van der Waals surface area contributed by atoms with Gasteiger partial charge in [0.2, 0.25) is 5.95 Å². The van der Waals surface area contributed by atoms with Crippen LogP contribution in [0.25, 0.3) is 11.2 Å². The summed E-state index contributed by atoms with van der Waals surface area (Å²) in [5, 5.41) is 29.2. The number of benzene rings is 2. The molecule has 318 valence electrons. The molecule has 5 aromatic rings. The van der Waals surface area contributed by atoms with E-state index < -0.39 is 36.4 Å². The highest BCUT2D eigenvalue weighted by Crippen LogP contribution is 2.40. The van der Waals surface area contributed by atoms with Crippen molar-refractivity contribution in [3.05, 3.63) is 72.1 Å². The van der Waals surface area contributed by atoms with E-state index in [9.17, 15) is 28.2 Å². The monoisotopic (exact) mass is 825 g/mol. The van der Waals surface area contributed by atoms with Gasteiger partial charge in [0.05, 0.1) is 58.9 Å². The second-order valence-corrected chi connectivity index (χ2v) is 14.1. The summed E-state index contributed by atoms with van der Waals surface area (Å²) >= 11 is 0. The molecule has 0 radical (unpaired) electrons. The molecule has 1 saturated carbocycles. The number of nitrogens with one attached hydrogen (secondary N) is 2. The Morgan fingerprint density at radius 1 is 0.898 bits per heavy atom. The molecule has 4 N–H and O–H groups in total. The topological polar surface area (TPSA) is 183 Å². The maximum absolute atomic E-state index is 13.7. The van der Waals surface area contributed by atoms with Crippen molar-refractivity contribution in [1.29, 1.82) is 0 Å². The maximum atomic E-state index is 13.7. The second-order valence-electron chi connectivity index (χ2n) is 14.1. The molecule has 0 unspecified atom stereocenters. The number of imidazole rings is 2. The van der Waals surface area contributed by atoms with Crippen LogP contribution in [0.5, 0.6) is 23.0 Å². The van der Waals surface area contributed by atoms with Crippen molar-refractivity contribution in [3.8, 4) is 23.0 Å². The predicted molar refractivity (Wildman–Crippen MR) is 212 cm³/mol. The lowest BCUT2D eigenvalue weighted by Gasteiger charge is -2.31.